The fourth-order valence-electron chi connectivity index (χ4n) is 0.509. The summed E-state index contributed by atoms with van der Waals surface area (Å²) in [5.74, 6) is -1.66. The van der Waals surface area contributed by atoms with E-state index in [0.29, 0.717) is 6.42 Å². The molecule has 0 aromatic heterocycles. The highest BCUT2D eigenvalue weighted by molar-refractivity contribution is 5.76. The highest BCUT2D eigenvalue weighted by Crippen LogP contribution is 1.97. The van der Waals surface area contributed by atoms with Gasteiger partial charge < -0.3 is 9.84 Å². The van der Waals surface area contributed by atoms with Crippen LogP contribution in [0.1, 0.15) is 20.3 Å². The number of aliphatic carboxylic acids is 1. The minimum absolute atomic E-state index is 0.301. The fraction of sp³-hybridized carbons (Fsp3) is 0.667. The Balaban J connectivity index is 3.83. The number of carbonyl (C=O) groups is 2. The van der Waals surface area contributed by atoms with E-state index in [-0.39, 0.29) is 0 Å². The summed E-state index contributed by atoms with van der Waals surface area (Å²) in [5.41, 5.74) is 0. The van der Waals surface area contributed by atoms with Gasteiger partial charge in [0, 0.05) is 6.92 Å². The number of rotatable bonds is 3. The molecule has 0 spiro atoms. The average molecular weight is 146 g/mol. The zero-order valence-corrected chi connectivity index (χ0v) is 5.96. The average Bonchev–Trinajstić information content (AvgIpc) is 1.81. The third-order valence-corrected chi connectivity index (χ3v) is 0.954. The molecule has 10 heavy (non-hydrogen) atoms. The first-order valence-corrected chi connectivity index (χ1v) is 2.98. The highest BCUT2D eigenvalue weighted by Gasteiger charge is 2.16. The number of ether oxygens (including phenoxy) is 1. The Kier molecular flexibility index (Phi) is 3.46. The lowest BCUT2D eigenvalue weighted by molar-refractivity contribution is -0.162. The maximum Gasteiger partial charge on any atom is 0.345 e. The van der Waals surface area contributed by atoms with Crippen LogP contribution in [0.3, 0.4) is 0 Å². The van der Waals surface area contributed by atoms with Gasteiger partial charge in [-0.05, 0) is 6.42 Å². The number of carboxylic acids is 1. The Labute approximate surface area is 58.8 Å². The molecule has 0 heterocycles. The molecule has 0 amide bonds. The van der Waals surface area contributed by atoms with Crippen LogP contribution < -0.4 is 0 Å². The molecule has 0 aliphatic rings. The molecule has 0 aromatic rings. The van der Waals surface area contributed by atoms with Crippen molar-refractivity contribution in [3.8, 4) is 0 Å². The van der Waals surface area contributed by atoms with Gasteiger partial charge in [0.1, 0.15) is 0 Å². The van der Waals surface area contributed by atoms with E-state index in [1.165, 1.54) is 6.92 Å². The molecule has 1 atom stereocenters. The van der Waals surface area contributed by atoms with Crippen molar-refractivity contribution in [1.82, 2.24) is 0 Å². The van der Waals surface area contributed by atoms with Crippen LogP contribution in [0, 0.1) is 0 Å². The van der Waals surface area contributed by atoms with Gasteiger partial charge in [0.2, 0.25) is 0 Å². The number of carbonyl (C=O) groups excluding carboxylic acids is 1. The number of hydrogen-bond donors (Lipinski definition) is 1. The lowest BCUT2D eigenvalue weighted by Gasteiger charge is -2.08. The molecule has 0 fully saturated rings. The number of carboxylic acid groups (broad SMARTS) is 1. The molecular formula is C6H10O4. The number of hydrogen-bond acceptors (Lipinski definition) is 3. The Bertz CT molecular complexity index is 141. The Morgan fingerprint density at radius 1 is 1.60 bits per heavy atom. The van der Waals surface area contributed by atoms with Gasteiger partial charge >= 0.3 is 11.9 Å². The molecule has 0 aromatic carbocycles. The zero-order valence-electron chi connectivity index (χ0n) is 5.96. The van der Waals surface area contributed by atoms with E-state index in [9.17, 15) is 9.59 Å². The summed E-state index contributed by atoms with van der Waals surface area (Å²) < 4.78 is 4.42. The summed E-state index contributed by atoms with van der Waals surface area (Å²) in [6.45, 7) is 2.83. The van der Waals surface area contributed by atoms with Crippen molar-refractivity contribution in [1.29, 1.82) is 0 Å². The van der Waals surface area contributed by atoms with Gasteiger partial charge in [-0.15, -0.1) is 0 Å². The van der Waals surface area contributed by atoms with Crippen molar-refractivity contribution < 1.29 is 19.4 Å². The molecule has 0 unspecified atom stereocenters. The van der Waals surface area contributed by atoms with Gasteiger partial charge in [0.25, 0.3) is 0 Å². The van der Waals surface area contributed by atoms with E-state index in [1.54, 1.807) is 6.92 Å². The molecule has 0 aliphatic carbocycles. The fourth-order valence-corrected chi connectivity index (χ4v) is 0.509. The van der Waals surface area contributed by atoms with E-state index < -0.39 is 18.0 Å². The normalized spacial score (nSPS) is 12.2. The summed E-state index contributed by atoms with van der Waals surface area (Å²) >= 11 is 0. The molecule has 4 heteroatoms. The van der Waals surface area contributed by atoms with Crippen molar-refractivity contribution in [3.05, 3.63) is 0 Å². The molecule has 0 rings (SSSR count). The third-order valence-electron chi connectivity index (χ3n) is 0.954. The van der Waals surface area contributed by atoms with E-state index in [4.69, 9.17) is 5.11 Å². The van der Waals surface area contributed by atoms with Crippen LogP contribution in [0.2, 0.25) is 0 Å². The first kappa shape index (κ1) is 8.94. The molecule has 58 valence electrons. The maximum atomic E-state index is 10.2. The predicted molar refractivity (Wildman–Crippen MR) is 33.5 cm³/mol. The van der Waals surface area contributed by atoms with Crippen molar-refractivity contribution >= 4 is 11.9 Å². The van der Waals surface area contributed by atoms with Crippen LogP contribution in [0.25, 0.3) is 0 Å². The summed E-state index contributed by atoms with van der Waals surface area (Å²) in [4.78, 5) is 20.4. The van der Waals surface area contributed by atoms with E-state index in [0.717, 1.165) is 0 Å². The second kappa shape index (κ2) is 3.87. The van der Waals surface area contributed by atoms with Gasteiger partial charge in [-0.25, -0.2) is 4.79 Å². The SMILES string of the molecule is CC[C@H](OC(C)=O)C(=O)O. The van der Waals surface area contributed by atoms with Crippen molar-refractivity contribution in [2.24, 2.45) is 0 Å². The molecule has 0 radical (unpaired) electrons. The third kappa shape index (κ3) is 3.06. The molecule has 0 saturated heterocycles. The predicted octanol–water partition coefficient (Wildman–Crippen LogP) is 0.413. The standard InChI is InChI=1S/C6H10O4/c1-3-5(6(8)9)10-4(2)7/h5H,3H2,1-2H3,(H,8,9)/t5-/m0/s1. The quantitative estimate of drug-likeness (QED) is 0.586. The molecule has 4 nitrogen and oxygen atoms in total. The Hall–Kier alpha value is -1.06. The first-order valence-electron chi connectivity index (χ1n) is 2.98. The summed E-state index contributed by atoms with van der Waals surface area (Å²) in [5, 5.41) is 8.34. The van der Waals surface area contributed by atoms with Crippen LogP contribution in [0.5, 0.6) is 0 Å². The lowest BCUT2D eigenvalue weighted by atomic mass is 10.3. The molecule has 0 aliphatic heterocycles. The van der Waals surface area contributed by atoms with Crippen molar-refractivity contribution in [2.45, 2.75) is 26.4 Å². The summed E-state index contributed by atoms with van der Waals surface area (Å²) in [6, 6.07) is 0. The van der Waals surface area contributed by atoms with Gasteiger partial charge in [-0.3, -0.25) is 4.79 Å². The monoisotopic (exact) mass is 146 g/mol. The minimum Gasteiger partial charge on any atom is -0.479 e. The van der Waals surface area contributed by atoms with E-state index >= 15 is 0 Å². The topological polar surface area (TPSA) is 63.6 Å². The van der Waals surface area contributed by atoms with Gasteiger partial charge in [0.15, 0.2) is 6.10 Å². The molecular weight excluding hydrogens is 136 g/mol. The van der Waals surface area contributed by atoms with Crippen LogP contribution in [0.4, 0.5) is 0 Å². The Morgan fingerprint density at radius 2 is 2.10 bits per heavy atom. The number of esters is 1. The highest BCUT2D eigenvalue weighted by atomic mass is 16.6. The van der Waals surface area contributed by atoms with Crippen LogP contribution >= 0.6 is 0 Å². The second-order valence-electron chi connectivity index (χ2n) is 1.84. The molecule has 1 N–H and O–H groups in total. The molecule has 0 bridgehead atoms. The van der Waals surface area contributed by atoms with Crippen LogP contribution in [0.15, 0.2) is 0 Å². The summed E-state index contributed by atoms with van der Waals surface area (Å²) in [6.07, 6.45) is -0.688. The van der Waals surface area contributed by atoms with Crippen LogP contribution in [-0.2, 0) is 14.3 Å². The van der Waals surface area contributed by atoms with Crippen molar-refractivity contribution in [3.63, 3.8) is 0 Å². The molecule has 0 saturated carbocycles. The van der Waals surface area contributed by atoms with Crippen LogP contribution in [-0.4, -0.2) is 23.1 Å². The second-order valence-corrected chi connectivity index (χ2v) is 1.84. The van der Waals surface area contributed by atoms with E-state index in [2.05, 4.69) is 4.74 Å². The minimum atomic E-state index is -1.10. The van der Waals surface area contributed by atoms with Crippen molar-refractivity contribution in [2.75, 3.05) is 0 Å². The van der Waals surface area contributed by atoms with Gasteiger partial charge in [-0.1, -0.05) is 6.92 Å². The van der Waals surface area contributed by atoms with Gasteiger partial charge in [0.05, 0.1) is 0 Å². The largest absolute Gasteiger partial charge is 0.479 e. The van der Waals surface area contributed by atoms with Gasteiger partial charge in [-0.2, -0.15) is 0 Å². The zero-order chi connectivity index (χ0) is 8.15. The Morgan fingerprint density at radius 3 is 2.20 bits per heavy atom. The first-order chi connectivity index (χ1) is 4.57. The lowest BCUT2D eigenvalue weighted by Crippen LogP contribution is -2.24. The summed E-state index contributed by atoms with van der Waals surface area (Å²) in [7, 11) is 0. The maximum absolute atomic E-state index is 10.2. The van der Waals surface area contributed by atoms with E-state index in [1.807, 2.05) is 0 Å². The smallest absolute Gasteiger partial charge is 0.345 e.